The Balaban J connectivity index is 1.59. The Morgan fingerprint density at radius 3 is 2.55 bits per heavy atom. The van der Waals surface area contributed by atoms with Crippen LogP contribution in [0, 0.1) is 0 Å². The van der Waals surface area contributed by atoms with Crippen LogP contribution in [0.15, 0.2) is 67.0 Å². The highest BCUT2D eigenvalue weighted by Crippen LogP contribution is 2.11. The van der Waals surface area contributed by atoms with Crippen molar-refractivity contribution in [2.75, 3.05) is 12.3 Å². The fourth-order valence-electron chi connectivity index (χ4n) is 2.31. The fourth-order valence-corrected chi connectivity index (χ4v) is 2.31. The van der Waals surface area contributed by atoms with Crippen LogP contribution in [0.25, 0.3) is 0 Å². The third-order valence-electron chi connectivity index (χ3n) is 3.47. The number of nitrogens with two attached hydrogens (primary N) is 1. The Labute approximate surface area is 130 Å². The zero-order chi connectivity index (χ0) is 15.2. The SMILES string of the molecule is Nc1ccc(Cn2ccnc2CCOc2ccccc2)cc1. The van der Waals surface area contributed by atoms with Crippen LogP contribution in [-0.4, -0.2) is 16.2 Å². The smallest absolute Gasteiger partial charge is 0.119 e. The molecule has 0 saturated heterocycles. The number of nitrogens with zero attached hydrogens (tertiary/aromatic N) is 2. The molecular weight excluding hydrogens is 274 g/mol. The molecule has 22 heavy (non-hydrogen) atoms. The van der Waals surface area contributed by atoms with Gasteiger partial charge in [0.05, 0.1) is 6.61 Å². The Morgan fingerprint density at radius 1 is 1.00 bits per heavy atom. The van der Waals surface area contributed by atoms with Crippen LogP contribution in [0.1, 0.15) is 11.4 Å². The summed E-state index contributed by atoms with van der Waals surface area (Å²) in [7, 11) is 0. The third kappa shape index (κ3) is 3.67. The number of rotatable bonds is 6. The van der Waals surface area contributed by atoms with Crippen LogP contribution in [0.3, 0.4) is 0 Å². The molecule has 2 N–H and O–H groups in total. The second kappa shape index (κ2) is 6.80. The van der Waals surface area contributed by atoms with Crippen molar-refractivity contribution in [1.82, 2.24) is 9.55 Å². The lowest BCUT2D eigenvalue weighted by atomic mass is 10.2. The maximum absolute atomic E-state index is 5.73. The largest absolute Gasteiger partial charge is 0.493 e. The van der Waals surface area contributed by atoms with E-state index >= 15 is 0 Å². The summed E-state index contributed by atoms with van der Waals surface area (Å²) in [5, 5.41) is 0. The number of ether oxygens (including phenoxy) is 1. The Bertz CT molecular complexity index is 705. The molecule has 0 radical (unpaired) electrons. The van der Waals surface area contributed by atoms with Gasteiger partial charge in [-0.1, -0.05) is 30.3 Å². The van der Waals surface area contributed by atoms with E-state index in [1.54, 1.807) is 0 Å². The van der Waals surface area contributed by atoms with Gasteiger partial charge < -0.3 is 15.0 Å². The van der Waals surface area contributed by atoms with Crippen molar-refractivity contribution in [3.63, 3.8) is 0 Å². The van der Waals surface area contributed by atoms with E-state index in [1.165, 1.54) is 5.56 Å². The number of aromatic nitrogens is 2. The van der Waals surface area contributed by atoms with Gasteiger partial charge in [-0.15, -0.1) is 0 Å². The molecule has 0 amide bonds. The molecule has 112 valence electrons. The van der Waals surface area contributed by atoms with Gasteiger partial charge in [0.1, 0.15) is 11.6 Å². The van der Waals surface area contributed by atoms with Gasteiger partial charge in [0.25, 0.3) is 0 Å². The van der Waals surface area contributed by atoms with Gasteiger partial charge in [0.15, 0.2) is 0 Å². The number of nitrogen functional groups attached to an aromatic ring is 1. The van der Waals surface area contributed by atoms with Gasteiger partial charge in [0.2, 0.25) is 0 Å². The van der Waals surface area contributed by atoms with E-state index in [1.807, 2.05) is 67.0 Å². The van der Waals surface area contributed by atoms with Crippen LogP contribution < -0.4 is 10.5 Å². The molecule has 0 unspecified atom stereocenters. The molecule has 0 bridgehead atoms. The van der Waals surface area contributed by atoms with Gasteiger partial charge in [-0.3, -0.25) is 0 Å². The third-order valence-corrected chi connectivity index (χ3v) is 3.47. The van der Waals surface area contributed by atoms with E-state index in [4.69, 9.17) is 10.5 Å². The molecule has 0 aliphatic rings. The number of para-hydroxylation sites is 1. The first-order chi connectivity index (χ1) is 10.8. The van der Waals surface area contributed by atoms with Gasteiger partial charge in [-0.25, -0.2) is 4.98 Å². The lowest BCUT2D eigenvalue weighted by Crippen LogP contribution is -2.09. The molecule has 0 spiro atoms. The topological polar surface area (TPSA) is 53.1 Å². The van der Waals surface area contributed by atoms with Crippen molar-refractivity contribution < 1.29 is 4.74 Å². The van der Waals surface area contributed by atoms with Gasteiger partial charge in [0, 0.05) is 31.0 Å². The molecule has 3 aromatic rings. The minimum absolute atomic E-state index is 0.614. The summed E-state index contributed by atoms with van der Waals surface area (Å²) in [4.78, 5) is 4.42. The molecule has 4 heteroatoms. The van der Waals surface area contributed by atoms with E-state index in [-0.39, 0.29) is 0 Å². The van der Waals surface area contributed by atoms with Crippen molar-refractivity contribution in [2.24, 2.45) is 0 Å². The van der Waals surface area contributed by atoms with E-state index < -0.39 is 0 Å². The van der Waals surface area contributed by atoms with E-state index in [0.29, 0.717) is 6.61 Å². The second-order valence-corrected chi connectivity index (χ2v) is 5.12. The minimum atomic E-state index is 0.614. The molecule has 1 heterocycles. The Hall–Kier alpha value is -2.75. The highest BCUT2D eigenvalue weighted by atomic mass is 16.5. The maximum Gasteiger partial charge on any atom is 0.119 e. The molecule has 0 saturated carbocycles. The van der Waals surface area contributed by atoms with E-state index in [2.05, 4.69) is 9.55 Å². The number of benzene rings is 2. The number of hydrogen-bond acceptors (Lipinski definition) is 3. The normalized spacial score (nSPS) is 10.5. The zero-order valence-corrected chi connectivity index (χ0v) is 12.4. The van der Waals surface area contributed by atoms with Crippen LogP contribution >= 0.6 is 0 Å². The Morgan fingerprint density at radius 2 is 1.77 bits per heavy atom. The highest BCUT2D eigenvalue weighted by Gasteiger charge is 2.04. The summed E-state index contributed by atoms with van der Waals surface area (Å²) in [6.07, 6.45) is 4.60. The summed E-state index contributed by atoms with van der Waals surface area (Å²) < 4.78 is 7.87. The van der Waals surface area contributed by atoms with Crippen molar-refractivity contribution in [3.05, 3.63) is 78.4 Å². The van der Waals surface area contributed by atoms with Crippen molar-refractivity contribution >= 4 is 5.69 Å². The van der Waals surface area contributed by atoms with Gasteiger partial charge in [-0.05, 0) is 29.8 Å². The molecule has 0 aliphatic heterocycles. The summed E-state index contributed by atoms with van der Waals surface area (Å²) in [6, 6.07) is 17.8. The molecule has 3 rings (SSSR count). The molecule has 2 aromatic carbocycles. The van der Waals surface area contributed by atoms with Crippen LogP contribution in [-0.2, 0) is 13.0 Å². The lowest BCUT2D eigenvalue weighted by Gasteiger charge is -2.09. The zero-order valence-electron chi connectivity index (χ0n) is 12.4. The van der Waals surface area contributed by atoms with Gasteiger partial charge >= 0.3 is 0 Å². The first-order valence-electron chi connectivity index (χ1n) is 7.33. The Kier molecular flexibility index (Phi) is 4.39. The predicted octanol–water partition coefficient (Wildman–Crippen LogP) is 3.14. The van der Waals surface area contributed by atoms with Crippen LogP contribution in [0.4, 0.5) is 5.69 Å². The van der Waals surface area contributed by atoms with Crippen molar-refractivity contribution in [2.45, 2.75) is 13.0 Å². The molecular formula is C18H19N3O. The molecule has 0 fully saturated rings. The standard InChI is InChI=1S/C18H19N3O/c19-16-8-6-15(7-9-16)14-21-12-11-20-18(21)10-13-22-17-4-2-1-3-5-17/h1-9,11-12H,10,13-14,19H2. The number of hydrogen-bond donors (Lipinski definition) is 1. The summed E-state index contributed by atoms with van der Waals surface area (Å²) in [5.74, 6) is 1.91. The van der Waals surface area contributed by atoms with Crippen molar-refractivity contribution in [3.8, 4) is 5.75 Å². The number of anilines is 1. The molecule has 4 nitrogen and oxygen atoms in total. The fraction of sp³-hybridized carbons (Fsp3) is 0.167. The maximum atomic E-state index is 5.73. The molecule has 0 aliphatic carbocycles. The van der Waals surface area contributed by atoms with Crippen molar-refractivity contribution in [1.29, 1.82) is 0 Å². The summed E-state index contributed by atoms with van der Waals surface area (Å²) >= 11 is 0. The average molecular weight is 293 g/mol. The summed E-state index contributed by atoms with van der Waals surface area (Å²) in [5.41, 5.74) is 7.70. The first kappa shape index (κ1) is 14.2. The molecule has 1 aromatic heterocycles. The lowest BCUT2D eigenvalue weighted by molar-refractivity contribution is 0.317. The predicted molar refractivity (Wildman–Crippen MR) is 87.8 cm³/mol. The van der Waals surface area contributed by atoms with E-state index in [0.717, 1.165) is 30.2 Å². The quantitative estimate of drug-likeness (QED) is 0.710. The van der Waals surface area contributed by atoms with Crippen LogP contribution in [0.5, 0.6) is 5.75 Å². The van der Waals surface area contributed by atoms with Crippen LogP contribution in [0.2, 0.25) is 0 Å². The average Bonchev–Trinajstić information content (AvgIpc) is 2.98. The monoisotopic (exact) mass is 293 g/mol. The van der Waals surface area contributed by atoms with Gasteiger partial charge in [-0.2, -0.15) is 0 Å². The minimum Gasteiger partial charge on any atom is -0.493 e. The highest BCUT2D eigenvalue weighted by molar-refractivity contribution is 5.39. The first-order valence-corrected chi connectivity index (χ1v) is 7.33. The second-order valence-electron chi connectivity index (χ2n) is 5.12. The summed E-state index contributed by atoms with van der Waals surface area (Å²) in [6.45, 7) is 1.41. The van der Waals surface area contributed by atoms with E-state index in [9.17, 15) is 0 Å². The number of imidazole rings is 1. The molecule has 0 atom stereocenters.